The standard InChI is InChI=1S/C10H10Cl2O2S/c1-14-10(13)4-5-15-7-2-3-8(11)9(12)6-7/h2-3,6H,4-5H2,1H3. The minimum absolute atomic E-state index is 0.206. The van der Waals surface area contributed by atoms with Crippen LogP contribution in [0.5, 0.6) is 0 Å². The summed E-state index contributed by atoms with van der Waals surface area (Å²) in [6, 6.07) is 5.40. The second kappa shape index (κ2) is 6.26. The zero-order valence-corrected chi connectivity index (χ0v) is 10.5. The molecule has 0 aromatic heterocycles. The molecule has 0 aliphatic heterocycles. The zero-order valence-electron chi connectivity index (χ0n) is 8.13. The van der Waals surface area contributed by atoms with Gasteiger partial charge in [-0.25, -0.2) is 0 Å². The van der Waals surface area contributed by atoms with E-state index in [0.29, 0.717) is 22.2 Å². The number of thioether (sulfide) groups is 1. The minimum Gasteiger partial charge on any atom is -0.469 e. The van der Waals surface area contributed by atoms with Gasteiger partial charge in [-0.05, 0) is 18.2 Å². The number of hydrogen-bond donors (Lipinski definition) is 0. The lowest BCUT2D eigenvalue weighted by atomic mass is 10.4. The van der Waals surface area contributed by atoms with E-state index in [4.69, 9.17) is 23.2 Å². The molecule has 0 spiro atoms. The number of hydrogen-bond acceptors (Lipinski definition) is 3. The smallest absolute Gasteiger partial charge is 0.306 e. The molecule has 1 aromatic rings. The van der Waals surface area contributed by atoms with Gasteiger partial charge in [0.2, 0.25) is 0 Å². The van der Waals surface area contributed by atoms with E-state index in [1.807, 2.05) is 6.07 Å². The third-order valence-corrected chi connectivity index (χ3v) is 3.43. The number of methoxy groups -OCH3 is 1. The Morgan fingerprint density at radius 1 is 1.40 bits per heavy atom. The maximum atomic E-state index is 10.8. The summed E-state index contributed by atoms with van der Waals surface area (Å²) >= 11 is 13.2. The first-order chi connectivity index (χ1) is 7.13. The second-order valence-corrected chi connectivity index (χ2v) is 4.73. The van der Waals surface area contributed by atoms with Crippen molar-refractivity contribution in [3.8, 4) is 0 Å². The first-order valence-electron chi connectivity index (χ1n) is 4.28. The largest absolute Gasteiger partial charge is 0.469 e. The van der Waals surface area contributed by atoms with Gasteiger partial charge in [0.15, 0.2) is 0 Å². The average molecular weight is 265 g/mol. The monoisotopic (exact) mass is 264 g/mol. The summed E-state index contributed by atoms with van der Waals surface area (Å²) in [7, 11) is 1.38. The third-order valence-electron chi connectivity index (χ3n) is 1.69. The summed E-state index contributed by atoms with van der Waals surface area (Å²) in [5.41, 5.74) is 0. The molecule has 0 saturated heterocycles. The molecule has 0 radical (unpaired) electrons. The van der Waals surface area contributed by atoms with E-state index in [1.165, 1.54) is 7.11 Å². The fourth-order valence-electron chi connectivity index (χ4n) is 0.921. The highest BCUT2D eigenvalue weighted by Crippen LogP contribution is 2.28. The summed E-state index contributed by atoms with van der Waals surface area (Å²) in [4.78, 5) is 11.8. The van der Waals surface area contributed by atoms with Gasteiger partial charge in [-0.3, -0.25) is 4.79 Å². The topological polar surface area (TPSA) is 26.3 Å². The maximum Gasteiger partial charge on any atom is 0.306 e. The van der Waals surface area contributed by atoms with Gasteiger partial charge in [-0.2, -0.15) is 0 Å². The fraction of sp³-hybridized carbons (Fsp3) is 0.300. The SMILES string of the molecule is COC(=O)CCSc1ccc(Cl)c(Cl)c1. The van der Waals surface area contributed by atoms with E-state index in [-0.39, 0.29) is 5.97 Å². The molecule has 0 aliphatic carbocycles. The van der Waals surface area contributed by atoms with Crippen molar-refractivity contribution in [1.82, 2.24) is 0 Å². The van der Waals surface area contributed by atoms with Gasteiger partial charge < -0.3 is 4.74 Å². The summed E-state index contributed by atoms with van der Waals surface area (Å²) < 4.78 is 4.53. The van der Waals surface area contributed by atoms with Crippen molar-refractivity contribution in [2.45, 2.75) is 11.3 Å². The Balaban J connectivity index is 2.44. The van der Waals surface area contributed by atoms with Gasteiger partial charge in [0.1, 0.15) is 0 Å². The van der Waals surface area contributed by atoms with E-state index in [0.717, 1.165) is 4.90 Å². The summed E-state index contributed by atoms with van der Waals surface area (Å²) in [5, 5.41) is 1.06. The van der Waals surface area contributed by atoms with Gasteiger partial charge in [-0.1, -0.05) is 23.2 Å². The van der Waals surface area contributed by atoms with E-state index >= 15 is 0 Å². The first-order valence-corrected chi connectivity index (χ1v) is 6.02. The number of halogens is 2. The quantitative estimate of drug-likeness (QED) is 0.614. The molecule has 0 heterocycles. The molecule has 5 heteroatoms. The van der Waals surface area contributed by atoms with Crippen molar-refractivity contribution in [2.75, 3.05) is 12.9 Å². The number of benzene rings is 1. The normalized spacial score (nSPS) is 10.1. The van der Waals surface area contributed by atoms with Crippen LogP contribution in [0.1, 0.15) is 6.42 Å². The summed E-state index contributed by atoms with van der Waals surface area (Å²) in [6.07, 6.45) is 0.390. The average Bonchev–Trinajstić information content (AvgIpc) is 2.23. The highest BCUT2D eigenvalue weighted by molar-refractivity contribution is 7.99. The lowest BCUT2D eigenvalue weighted by molar-refractivity contribution is -0.140. The number of ether oxygens (including phenoxy) is 1. The van der Waals surface area contributed by atoms with E-state index in [9.17, 15) is 4.79 Å². The lowest BCUT2D eigenvalue weighted by Gasteiger charge is -2.02. The van der Waals surface area contributed by atoms with Crippen molar-refractivity contribution in [3.63, 3.8) is 0 Å². The Morgan fingerprint density at radius 2 is 2.13 bits per heavy atom. The molecule has 0 unspecified atom stereocenters. The van der Waals surface area contributed by atoms with Crippen LogP contribution in [0, 0.1) is 0 Å². The minimum atomic E-state index is -0.206. The van der Waals surface area contributed by atoms with Gasteiger partial charge >= 0.3 is 5.97 Å². The van der Waals surface area contributed by atoms with Crippen LogP contribution in [0.2, 0.25) is 10.0 Å². The lowest BCUT2D eigenvalue weighted by Crippen LogP contribution is -2.00. The molecule has 0 saturated carbocycles. The van der Waals surface area contributed by atoms with Crippen LogP contribution in [-0.4, -0.2) is 18.8 Å². The first kappa shape index (κ1) is 12.7. The van der Waals surface area contributed by atoms with Crippen LogP contribution in [0.3, 0.4) is 0 Å². The highest BCUT2D eigenvalue weighted by Gasteiger charge is 2.03. The Hall–Kier alpha value is -0.380. The van der Waals surface area contributed by atoms with E-state index in [1.54, 1.807) is 23.9 Å². The predicted octanol–water partition coefficient (Wildman–Crippen LogP) is 3.65. The van der Waals surface area contributed by atoms with E-state index < -0.39 is 0 Å². The van der Waals surface area contributed by atoms with Gasteiger partial charge in [0, 0.05) is 10.6 Å². The summed E-state index contributed by atoms with van der Waals surface area (Å²) in [5.74, 6) is 0.465. The Labute approximate surface area is 103 Å². The Bertz CT molecular complexity index is 355. The molecule has 2 nitrogen and oxygen atoms in total. The predicted molar refractivity (Wildman–Crippen MR) is 63.8 cm³/mol. The van der Waals surface area contributed by atoms with E-state index in [2.05, 4.69) is 4.74 Å². The molecule has 15 heavy (non-hydrogen) atoms. The van der Waals surface area contributed by atoms with Crippen LogP contribution in [-0.2, 0) is 9.53 Å². The molecule has 0 atom stereocenters. The second-order valence-electron chi connectivity index (χ2n) is 2.75. The van der Waals surface area contributed by atoms with Gasteiger partial charge in [-0.15, -0.1) is 11.8 Å². The molecule has 1 aromatic carbocycles. The third kappa shape index (κ3) is 4.33. The van der Waals surface area contributed by atoms with Crippen molar-refractivity contribution >= 4 is 40.9 Å². The maximum absolute atomic E-state index is 10.8. The highest BCUT2D eigenvalue weighted by atomic mass is 35.5. The molecule has 0 amide bonds. The zero-order chi connectivity index (χ0) is 11.3. The molecule has 0 bridgehead atoms. The van der Waals surface area contributed by atoms with Crippen molar-refractivity contribution in [2.24, 2.45) is 0 Å². The molecule has 0 N–H and O–H groups in total. The molecule has 82 valence electrons. The van der Waals surface area contributed by atoms with Crippen LogP contribution >= 0.6 is 35.0 Å². The van der Waals surface area contributed by atoms with Crippen LogP contribution in [0.4, 0.5) is 0 Å². The van der Waals surface area contributed by atoms with Gasteiger partial charge in [0.25, 0.3) is 0 Å². The Morgan fingerprint density at radius 3 is 2.73 bits per heavy atom. The number of esters is 1. The van der Waals surface area contributed by atoms with Crippen molar-refractivity contribution in [1.29, 1.82) is 0 Å². The molecular weight excluding hydrogens is 255 g/mol. The number of carbonyl (C=O) groups is 1. The molecule has 0 fully saturated rings. The fourth-order valence-corrected chi connectivity index (χ4v) is 2.15. The molecule has 1 rings (SSSR count). The molecule has 0 aliphatic rings. The van der Waals surface area contributed by atoms with Crippen LogP contribution in [0.15, 0.2) is 23.1 Å². The number of rotatable bonds is 4. The molecular formula is C10H10Cl2O2S. The number of carbonyl (C=O) groups excluding carboxylic acids is 1. The van der Waals surface area contributed by atoms with Crippen molar-refractivity contribution < 1.29 is 9.53 Å². The van der Waals surface area contributed by atoms with Crippen LogP contribution in [0.25, 0.3) is 0 Å². The van der Waals surface area contributed by atoms with Crippen LogP contribution < -0.4 is 0 Å². The Kier molecular flexibility index (Phi) is 5.29. The van der Waals surface area contributed by atoms with Crippen molar-refractivity contribution in [3.05, 3.63) is 28.2 Å². The summed E-state index contributed by atoms with van der Waals surface area (Å²) in [6.45, 7) is 0. The van der Waals surface area contributed by atoms with Gasteiger partial charge in [0.05, 0.1) is 23.6 Å².